The van der Waals surface area contributed by atoms with Gasteiger partial charge in [-0.25, -0.2) is 0 Å². The third-order valence-corrected chi connectivity index (χ3v) is 5.29. The lowest BCUT2D eigenvalue weighted by Crippen LogP contribution is -2.39. The van der Waals surface area contributed by atoms with Crippen LogP contribution < -0.4 is 10.5 Å². The molecule has 2 atom stereocenters. The van der Waals surface area contributed by atoms with Gasteiger partial charge < -0.3 is 15.4 Å². The Labute approximate surface area is 122 Å². The summed E-state index contributed by atoms with van der Waals surface area (Å²) in [6.45, 7) is 2.43. The molecule has 3 rings (SSSR count). The van der Waals surface area contributed by atoms with E-state index in [4.69, 9.17) is 10.5 Å². The number of rotatable bonds is 2. The Kier molecular flexibility index (Phi) is 3.99. The lowest BCUT2D eigenvalue weighted by Gasteiger charge is -2.40. The van der Waals surface area contributed by atoms with Gasteiger partial charge >= 0.3 is 0 Å². The maximum Gasteiger partial charge on any atom is 0.123 e. The van der Waals surface area contributed by atoms with Gasteiger partial charge in [-0.1, -0.05) is 12.1 Å². The number of methoxy groups -OCH3 is 1. The van der Waals surface area contributed by atoms with E-state index in [1.807, 2.05) is 0 Å². The van der Waals surface area contributed by atoms with E-state index >= 15 is 0 Å². The van der Waals surface area contributed by atoms with Crippen molar-refractivity contribution in [1.82, 2.24) is 4.90 Å². The highest BCUT2D eigenvalue weighted by Gasteiger charge is 2.35. The van der Waals surface area contributed by atoms with Crippen LogP contribution >= 0.6 is 0 Å². The first-order valence-corrected chi connectivity index (χ1v) is 7.80. The first kappa shape index (κ1) is 13.9. The summed E-state index contributed by atoms with van der Waals surface area (Å²) >= 11 is 0. The van der Waals surface area contributed by atoms with Crippen LogP contribution in [0.15, 0.2) is 18.2 Å². The van der Waals surface area contributed by atoms with E-state index in [1.54, 1.807) is 7.11 Å². The Bertz CT molecular complexity index is 452. The third kappa shape index (κ3) is 2.45. The maximum atomic E-state index is 6.64. The van der Waals surface area contributed by atoms with Gasteiger partial charge in [0.05, 0.1) is 7.11 Å². The van der Waals surface area contributed by atoms with Gasteiger partial charge in [-0.15, -0.1) is 0 Å². The van der Waals surface area contributed by atoms with Gasteiger partial charge in [0, 0.05) is 11.6 Å². The molecule has 0 saturated carbocycles. The summed E-state index contributed by atoms with van der Waals surface area (Å²) in [5.74, 6) is 2.37. The largest absolute Gasteiger partial charge is 0.496 e. The zero-order valence-electron chi connectivity index (χ0n) is 12.6. The zero-order valence-corrected chi connectivity index (χ0v) is 12.6. The number of piperidine rings is 1. The summed E-state index contributed by atoms with van der Waals surface area (Å²) < 4.78 is 5.55. The minimum Gasteiger partial charge on any atom is -0.496 e. The monoisotopic (exact) mass is 274 g/mol. The van der Waals surface area contributed by atoms with Crippen LogP contribution in [0.25, 0.3) is 0 Å². The number of nitrogens with two attached hydrogens (primary N) is 1. The molecule has 1 aliphatic carbocycles. The third-order valence-electron chi connectivity index (χ3n) is 5.29. The Balaban J connectivity index is 1.83. The lowest BCUT2D eigenvalue weighted by atomic mass is 9.71. The number of benzene rings is 1. The van der Waals surface area contributed by atoms with Gasteiger partial charge in [-0.05, 0) is 69.3 Å². The van der Waals surface area contributed by atoms with E-state index in [1.165, 1.54) is 43.5 Å². The molecule has 3 heteroatoms. The molecule has 1 aromatic rings. The Hall–Kier alpha value is -1.06. The molecule has 1 fully saturated rings. The molecule has 2 N–H and O–H groups in total. The number of hydrogen-bond acceptors (Lipinski definition) is 3. The molecular weight excluding hydrogens is 248 g/mol. The van der Waals surface area contributed by atoms with Gasteiger partial charge in [0.25, 0.3) is 0 Å². The Morgan fingerprint density at radius 1 is 1.20 bits per heavy atom. The fraction of sp³-hybridized carbons (Fsp3) is 0.647. The van der Waals surface area contributed by atoms with Gasteiger partial charge in [0.1, 0.15) is 5.75 Å². The first-order chi connectivity index (χ1) is 9.70. The predicted octanol–water partition coefficient (Wildman–Crippen LogP) is 2.60. The Morgan fingerprint density at radius 2 is 1.95 bits per heavy atom. The first-order valence-electron chi connectivity index (χ1n) is 7.80. The summed E-state index contributed by atoms with van der Waals surface area (Å²) in [6, 6.07) is 6.49. The number of likely N-dealkylation sites (tertiary alicyclic amines) is 1. The van der Waals surface area contributed by atoms with Crippen molar-refractivity contribution in [1.29, 1.82) is 0 Å². The van der Waals surface area contributed by atoms with Crippen LogP contribution in [0.1, 0.15) is 36.4 Å². The van der Waals surface area contributed by atoms with Crippen LogP contribution in [0, 0.1) is 11.8 Å². The van der Waals surface area contributed by atoms with Gasteiger partial charge in [0.2, 0.25) is 0 Å². The molecule has 0 spiro atoms. The molecule has 1 aromatic carbocycles. The van der Waals surface area contributed by atoms with E-state index < -0.39 is 0 Å². The van der Waals surface area contributed by atoms with E-state index in [-0.39, 0.29) is 6.04 Å². The van der Waals surface area contributed by atoms with Crippen molar-refractivity contribution in [3.8, 4) is 5.75 Å². The van der Waals surface area contributed by atoms with E-state index in [0.29, 0.717) is 5.92 Å². The standard InChI is InChI=1S/C17H26N2O/c1-19-10-8-12(9-11-19)14-7-6-13-4-3-5-15(20-2)16(13)17(14)18/h3-5,12,14,17H,6-11,18H2,1-2H3. The summed E-state index contributed by atoms with van der Waals surface area (Å²) in [5, 5.41) is 0. The van der Waals surface area contributed by atoms with Crippen LogP contribution in [0.4, 0.5) is 0 Å². The molecule has 1 heterocycles. The molecule has 110 valence electrons. The highest BCUT2D eigenvalue weighted by molar-refractivity contribution is 5.44. The number of nitrogens with zero attached hydrogens (tertiary/aromatic N) is 1. The fourth-order valence-corrected chi connectivity index (χ4v) is 4.07. The molecule has 0 radical (unpaired) electrons. The van der Waals surface area contributed by atoms with Crippen molar-refractivity contribution in [3.05, 3.63) is 29.3 Å². The molecule has 0 aromatic heterocycles. The van der Waals surface area contributed by atoms with Crippen LogP contribution in [0.3, 0.4) is 0 Å². The second-order valence-corrected chi connectivity index (χ2v) is 6.40. The average molecular weight is 274 g/mol. The normalized spacial score (nSPS) is 28.1. The van der Waals surface area contributed by atoms with Crippen molar-refractivity contribution < 1.29 is 4.74 Å². The number of fused-ring (bicyclic) bond motifs is 1. The van der Waals surface area contributed by atoms with Crippen LogP contribution in [0.2, 0.25) is 0 Å². The van der Waals surface area contributed by atoms with Crippen LogP contribution in [-0.2, 0) is 6.42 Å². The summed E-state index contributed by atoms with van der Waals surface area (Å²) in [4.78, 5) is 2.43. The molecular formula is C17H26N2O. The minimum absolute atomic E-state index is 0.142. The van der Waals surface area contributed by atoms with E-state index in [2.05, 4.69) is 30.1 Å². The Morgan fingerprint density at radius 3 is 2.65 bits per heavy atom. The molecule has 1 saturated heterocycles. The lowest BCUT2D eigenvalue weighted by molar-refractivity contribution is 0.143. The molecule has 1 aliphatic heterocycles. The van der Waals surface area contributed by atoms with E-state index in [9.17, 15) is 0 Å². The molecule has 0 amide bonds. The molecule has 3 nitrogen and oxygen atoms in total. The summed E-state index contributed by atoms with van der Waals surface area (Å²) in [7, 11) is 3.97. The highest BCUT2D eigenvalue weighted by Crippen LogP contribution is 2.43. The molecule has 2 aliphatic rings. The second kappa shape index (κ2) is 5.74. The average Bonchev–Trinajstić information content (AvgIpc) is 2.48. The van der Waals surface area contributed by atoms with Crippen molar-refractivity contribution in [2.45, 2.75) is 31.7 Å². The highest BCUT2D eigenvalue weighted by atomic mass is 16.5. The fourth-order valence-electron chi connectivity index (χ4n) is 4.07. The second-order valence-electron chi connectivity index (χ2n) is 6.40. The molecule has 20 heavy (non-hydrogen) atoms. The van der Waals surface area contributed by atoms with Crippen molar-refractivity contribution in [3.63, 3.8) is 0 Å². The number of aryl methyl sites for hydroxylation is 1. The van der Waals surface area contributed by atoms with Gasteiger partial charge in [0.15, 0.2) is 0 Å². The summed E-state index contributed by atoms with van der Waals surface area (Å²) in [5.41, 5.74) is 9.30. The van der Waals surface area contributed by atoms with Gasteiger partial charge in [-0.3, -0.25) is 0 Å². The predicted molar refractivity (Wildman–Crippen MR) is 82.0 cm³/mol. The quantitative estimate of drug-likeness (QED) is 0.901. The SMILES string of the molecule is COc1cccc2c1C(N)C(C1CCN(C)CC1)CC2. The number of hydrogen-bond donors (Lipinski definition) is 1. The topological polar surface area (TPSA) is 38.5 Å². The number of ether oxygens (including phenoxy) is 1. The van der Waals surface area contributed by atoms with Gasteiger partial charge in [-0.2, -0.15) is 0 Å². The smallest absolute Gasteiger partial charge is 0.123 e. The summed E-state index contributed by atoms with van der Waals surface area (Å²) in [6.07, 6.45) is 4.96. The van der Waals surface area contributed by atoms with Crippen molar-refractivity contribution in [2.24, 2.45) is 17.6 Å². The zero-order chi connectivity index (χ0) is 14.1. The molecule has 2 unspecified atom stereocenters. The van der Waals surface area contributed by atoms with Crippen molar-refractivity contribution >= 4 is 0 Å². The van der Waals surface area contributed by atoms with Crippen LogP contribution in [-0.4, -0.2) is 32.1 Å². The molecule has 0 bridgehead atoms. The maximum absolute atomic E-state index is 6.64. The minimum atomic E-state index is 0.142. The van der Waals surface area contributed by atoms with Crippen LogP contribution in [0.5, 0.6) is 5.75 Å². The van der Waals surface area contributed by atoms with Crippen molar-refractivity contribution in [2.75, 3.05) is 27.2 Å². The van der Waals surface area contributed by atoms with E-state index in [0.717, 1.165) is 18.1 Å².